The number of rotatable bonds is 8. The Labute approximate surface area is 131 Å². The van der Waals surface area contributed by atoms with Gasteiger partial charge in [0.2, 0.25) is 5.91 Å². The summed E-state index contributed by atoms with van der Waals surface area (Å²) in [5.41, 5.74) is 1.19. The van der Waals surface area contributed by atoms with Crippen molar-refractivity contribution in [3.8, 4) is 0 Å². The summed E-state index contributed by atoms with van der Waals surface area (Å²) in [6.07, 6.45) is 4.54. The smallest absolute Gasteiger partial charge is 0.330 e. The maximum Gasteiger partial charge on any atom is 0.330 e. The van der Waals surface area contributed by atoms with Crippen LogP contribution >= 0.6 is 0 Å². The summed E-state index contributed by atoms with van der Waals surface area (Å²) in [4.78, 5) is 23.2. The molecule has 0 saturated heterocycles. The van der Waals surface area contributed by atoms with Crippen LogP contribution in [0.25, 0.3) is 0 Å². The summed E-state index contributed by atoms with van der Waals surface area (Å²) in [5.74, 6) is -0.532. The van der Waals surface area contributed by atoms with Crippen molar-refractivity contribution >= 4 is 11.9 Å². The lowest BCUT2D eigenvalue weighted by molar-refractivity contribution is -0.135. The van der Waals surface area contributed by atoms with Crippen molar-refractivity contribution in [2.75, 3.05) is 14.2 Å². The SMILES string of the molecule is CNC(C)C(=O)NC(C=CC(=O)OC)CCc1ccccc1. The summed E-state index contributed by atoms with van der Waals surface area (Å²) in [7, 11) is 3.06. The first-order valence-corrected chi connectivity index (χ1v) is 7.34. The van der Waals surface area contributed by atoms with Gasteiger partial charge < -0.3 is 15.4 Å². The van der Waals surface area contributed by atoms with Gasteiger partial charge in [0.15, 0.2) is 0 Å². The number of amides is 1. The maximum atomic E-state index is 12.0. The number of nitrogens with one attached hydrogen (secondary N) is 2. The van der Waals surface area contributed by atoms with Crippen molar-refractivity contribution in [2.45, 2.75) is 31.8 Å². The van der Waals surface area contributed by atoms with Crippen molar-refractivity contribution < 1.29 is 14.3 Å². The van der Waals surface area contributed by atoms with Crippen LogP contribution in [0, 0.1) is 0 Å². The first kappa shape index (κ1) is 17.9. The molecule has 0 spiro atoms. The van der Waals surface area contributed by atoms with Crippen LogP contribution in [-0.4, -0.2) is 38.1 Å². The molecule has 0 aliphatic heterocycles. The molecule has 0 saturated carbocycles. The minimum atomic E-state index is -0.430. The zero-order chi connectivity index (χ0) is 16.4. The van der Waals surface area contributed by atoms with Crippen LogP contribution in [0.15, 0.2) is 42.5 Å². The molecule has 1 aromatic carbocycles. The molecule has 1 amide bonds. The van der Waals surface area contributed by atoms with E-state index in [-0.39, 0.29) is 18.0 Å². The van der Waals surface area contributed by atoms with Gasteiger partial charge in [0.1, 0.15) is 0 Å². The van der Waals surface area contributed by atoms with E-state index in [1.807, 2.05) is 30.3 Å². The molecule has 1 aromatic rings. The number of ether oxygens (including phenoxy) is 1. The fourth-order valence-corrected chi connectivity index (χ4v) is 1.88. The van der Waals surface area contributed by atoms with E-state index in [4.69, 9.17) is 0 Å². The number of aryl methyl sites for hydroxylation is 1. The van der Waals surface area contributed by atoms with Crippen LogP contribution in [0.2, 0.25) is 0 Å². The van der Waals surface area contributed by atoms with Crippen LogP contribution < -0.4 is 10.6 Å². The van der Waals surface area contributed by atoms with E-state index in [2.05, 4.69) is 15.4 Å². The standard InChI is InChI=1S/C17H24N2O3/c1-13(18-2)17(21)19-15(11-12-16(20)22-3)10-9-14-7-5-4-6-8-14/h4-8,11-13,15,18H,9-10H2,1-3H3,(H,19,21). The molecular formula is C17H24N2O3. The van der Waals surface area contributed by atoms with Crippen LogP contribution in [0.1, 0.15) is 18.9 Å². The monoisotopic (exact) mass is 304 g/mol. The molecule has 0 fully saturated rings. The first-order chi connectivity index (χ1) is 10.6. The van der Waals surface area contributed by atoms with Gasteiger partial charge in [-0.3, -0.25) is 4.79 Å². The fourth-order valence-electron chi connectivity index (χ4n) is 1.88. The Kier molecular flexibility index (Phi) is 7.92. The van der Waals surface area contributed by atoms with E-state index in [0.29, 0.717) is 6.42 Å². The van der Waals surface area contributed by atoms with Crippen molar-refractivity contribution in [1.29, 1.82) is 0 Å². The number of hydrogen-bond donors (Lipinski definition) is 2. The summed E-state index contributed by atoms with van der Waals surface area (Å²) in [6.45, 7) is 1.79. The molecular weight excluding hydrogens is 280 g/mol. The third-order valence-corrected chi connectivity index (χ3v) is 3.41. The van der Waals surface area contributed by atoms with Crippen molar-refractivity contribution in [2.24, 2.45) is 0 Å². The second-order valence-electron chi connectivity index (χ2n) is 5.03. The largest absolute Gasteiger partial charge is 0.466 e. The van der Waals surface area contributed by atoms with E-state index >= 15 is 0 Å². The number of benzene rings is 1. The highest BCUT2D eigenvalue weighted by Gasteiger charge is 2.14. The van der Waals surface area contributed by atoms with E-state index in [9.17, 15) is 9.59 Å². The molecule has 5 nitrogen and oxygen atoms in total. The van der Waals surface area contributed by atoms with E-state index < -0.39 is 5.97 Å². The first-order valence-electron chi connectivity index (χ1n) is 7.34. The molecule has 5 heteroatoms. The minimum Gasteiger partial charge on any atom is -0.466 e. The molecule has 0 radical (unpaired) electrons. The zero-order valence-electron chi connectivity index (χ0n) is 13.3. The van der Waals surface area contributed by atoms with Crippen LogP contribution in [0.3, 0.4) is 0 Å². The molecule has 1 rings (SSSR count). The van der Waals surface area contributed by atoms with Crippen molar-refractivity contribution in [3.05, 3.63) is 48.0 Å². The molecule has 0 aliphatic carbocycles. The number of carbonyl (C=O) groups is 2. The fraction of sp³-hybridized carbons (Fsp3) is 0.412. The van der Waals surface area contributed by atoms with Gasteiger partial charge in [-0.15, -0.1) is 0 Å². The number of carbonyl (C=O) groups excluding carboxylic acids is 2. The van der Waals surface area contributed by atoms with Gasteiger partial charge in [-0.05, 0) is 32.4 Å². The van der Waals surface area contributed by atoms with Gasteiger partial charge in [-0.25, -0.2) is 4.79 Å². The van der Waals surface area contributed by atoms with Gasteiger partial charge in [0.25, 0.3) is 0 Å². The third-order valence-electron chi connectivity index (χ3n) is 3.41. The van der Waals surface area contributed by atoms with Crippen LogP contribution in [0.5, 0.6) is 0 Å². The Bertz CT molecular complexity index is 500. The Morgan fingerprint density at radius 2 is 1.95 bits per heavy atom. The molecule has 0 heterocycles. The zero-order valence-corrected chi connectivity index (χ0v) is 13.3. The highest BCUT2D eigenvalue weighted by molar-refractivity contribution is 5.83. The van der Waals surface area contributed by atoms with E-state index in [1.54, 1.807) is 20.0 Å². The third kappa shape index (κ3) is 6.54. The van der Waals surface area contributed by atoms with Crippen molar-refractivity contribution in [1.82, 2.24) is 10.6 Å². The number of esters is 1. The average Bonchev–Trinajstić information content (AvgIpc) is 2.56. The average molecular weight is 304 g/mol. The molecule has 120 valence electrons. The minimum absolute atomic E-state index is 0.102. The molecule has 2 N–H and O–H groups in total. The molecule has 22 heavy (non-hydrogen) atoms. The topological polar surface area (TPSA) is 67.4 Å². The Balaban J connectivity index is 2.66. The summed E-state index contributed by atoms with van der Waals surface area (Å²) >= 11 is 0. The molecule has 2 unspecified atom stereocenters. The molecule has 0 aliphatic rings. The maximum absolute atomic E-state index is 12.0. The van der Waals surface area contributed by atoms with E-state index in [1.165, 1.54) is 18.7 Å². The van der Waals surface area contributed by atoms with Gasteiger partial charge >= 0.3 is 5.97 Å². The second-order valence-corrected chi connectivity index (χ2v) is 5.03. The number of methoxy groups -OCH3 is 1. The Hall–Kier alpha value is -2.14. The summed E-state index contributed by atoms with van der Waals surface area (Å²) in [5, 5.41) is 5.81. The second kappa shape index (κ2) is 9.73. The normalized spacial score (nSPS) is 13.6. The van der Waals surface area contributed by atoms with Crippen LogP contribution in [0.4, 0.5) is 0 Å². The van der Waals surface area contributed by atoms with Gasteiger partial charge in [0.05, 0.1) is 13.2 Å². The van der Waals surface area contributed by atoms with Gasteiger partial charge in [0, 0.05) is 12.1 Å². The Morgan fingerprint density at radius 1 is 1.27 bits per heavy atom. The molecule has 0 bridgehead atoms. The van der Waals surface area contributed by atoms with Gasteiger partial charge in [-0.2, -0.15) is 0 Å². The molecule has 0 aromatic heterocycles. The lowest BCUT2D eigenvalue weighted by atomic mass is 10.0. The van der Waals surface area contributed by atoms with Crippen LogP contribution in [-0.2, 0) is 20.7 Å². The lowest BCUT2D eigenvalue weighted by Crippen LogP contribution is -2.44. The quantitative estimate of drug-likeness (QED) is 0.563. The summed E-state index contributed by atoms with van der Waals surface area (Å²) in [6, 6.07) is 9.51. The predicted octanol–water partition coefficient (Wildman–Crippen LogP) is 1.44. The molecule has 2 atom stereocenters. The lowest BCUT2D eigenvalue weighted by Gasteiger charge is -2.18. The van der Waals surface area contributed by atoms with Crippen molar-refractivity contribution in [3.63, 3.8) is 0 Å². The van der Waals surface area contributed by atoms with Gasteiger partial charge in [-0.1, -0.05) is 36.4 Å². The van der Waals surface area contributed by atoms with E-state index in [0.717, 1.165) is 6.42 Å². The summed E-state index contributed by atoms with van der Waals surface area (Å²) < 4.78 is 4.59. The number of hydrogen-bond acceptors (Lipinski definition) is 4. The Morgan fingerprint density at radius 3 is 2.55 bits per heavy atom. The highest BCUT2D eigenvalue weighted by Crippen LogP contribution is 2.06. The predicted molar refractivity (Wildman–Crippen MR) is 86.4 cm³/mol. The highest BCUT2D eigenvalue weighted by atomic mass is 16.5. The number of likely N-dealkylation sites (N-methyl/N-ethyl adjacent to an activating group) is 1.